The Balaban J connectivity index is 2.87. The SMILES string of the molecule is NC1(C(=O)O)[Se]C1(S)[Se](=O)O. The van der Waals surface area contributed by atoms with E-state index in [1.165, 1.54) is 0 Å². The second-order valence-corrected chi connectivity index (χ2v) is 10.7. The van der Waals surface area contributed by atoms with Gasteiger partial charge in [-0.1, -0.05) is 0 Å². The third-order valence-corrected chi connectivity index (χ3v) is 10.6. The van der Waals surface area contributed by atoms with Gasteiger partial charge in [0, 0.05) is 0 Å². The number of hydrogen-bond acceptors (Lipinski definition) is 4. The van der Waals surface area contributed by atoms with Crippen LogP contribution in [0.25, 0.3) is 0 Å². The molecule has 0 saturated carbocycles. The molecule has 0 aliphatic carbocycles. The molecule has 1 aliphatic heterocycles. The average Bonchev–Trinajstić information content (AvgIpc) is 2.39. The Hall–Kier alpha value is 0.579. The van der Waals surface area contributed by atoms with Gasteiger partial charge in [0.2, 0.25) is 0 Å². The maximum atomic E-state index is 10.6. The Kier molecular flexibility index (Phi) is 2.22. The molecule has 0 radical (unpaired) electrons. The molecule has 0 spiro atoms. The van der Waals surface area contributed by atoms with E-state index in [0.717, 1.165) is 0 Å². The Morgan fingerprint density at radius 1 is 1.73 bits per heavy atom. The summed E-state index contributed by atoms with van der Waals surface area (Å²) in [6.07, 6.45) is 0. The molecule has 0 amide bonds. The van der Waals surface area contributed by atoms with Gasteiger partial charge >= 0.3 is 78.4 Å². The molecule has 8 heteroatoms. The number of carbonyl (C=O) groups is 1. The predicted octanol–water partition coefficient (Wildman–Crippen LogP) is -2.48. The number of rotatable bonds is 2. The van der Waals surface area contributed by atoms with E-state index < -0.39 is 42.1 Å². The van der Waals surface area contributed by atoms with Gasteiger partial charge in [0.15, 0.2) is 0 Å². The summed E-state index contributed by atoms with van der Waals surface area (Å²) in [4.78, 5) is 10.4. The van der Waals surface area contributed by atoms with Gasteiger partial charge in [-0.3, -0.25) is 0 Å². The van der Waals surface area contributed by atoms with Crippen LogP contribution in [0.5, 0.6) is 0 Å². The number of aliphatic carboxylic acids is 1. The van der Waals surface area contributed by atoms with Crippen LogP contribution < -0.4 is 5.73 Å². The van der Waals surface area contributed by atoms with Crippen LogP contribution in [0, 0.1) is 0 Å². The van der Waals surface area contributed by atoms with Gasteiger partial charge in [-0.15, -0.1) is 0 Å². The number of carboxylic acids is 1. The first-order valence-corrected chi connectivity index (χ1v) is 6.88. The molecule has 1 heterocycles. The fourth-order valence-electron chi connectivity index (χ4n) is 0.537. The number of carboxylic acid groups (broad SMARTS) is 1. The first-order chi connectivity index (χ1) is 4.84. The molecule has 64 valence electrons. The molecule has 1 aliphatic rings. The van der Waals surface area contributed by atoms with E-state index in [9.17, 15) is 8.63 Å². The topological polar surface area (TPSA) is 101 Å². The Bertz CT molecular complexity index is 223. The van der Waals surface area contributed by atoms with Crippen molar-refractivity contribution >= 4 is 47.7 Å². The van der Waals surface area contributed by atoms with Crippen LogP contribution in [0.1, 0.15) is 0 Å². The summed E-state index contributed by atoms with van der Waals surface area (Å²) in [7, 11) is 0. The fraction of sp³-hybridized carbons (Fsp3) is 0.667. The molecule has 0 aromatic carbocycles. The summed E-state index contributed by atoms with van der Waals surface area (Å²) >= 11 is 0.0429. The van der Waals surface area contributed by atoms with Crippen molar-refractivity contribution in [3.63, 3.8) is 0 Å². The molecule has 1 fully saturated rings. The standard InChI is InChI=1S/C3H5NO4SSe2/c4-2(1(5)6)3(9,10-2)11(7)8/h9H,4H2,(H,5,6)(H,7,8). The second-order valence-electron chi connectivity index (χ2n) is 1.97. The van der Waals surface area contributed by atoms with Gasteiger partial charge in [0.25, 0.3) is 0 Å². The van der Waals surface area contributed by atoms with Crippen molar-refractivity contribution in [3.05, 3.63) is 0 Å². The monoisotopic (exact) mass is 311 g/mol. The Morgan fingerprint density at radius 2 is 2.18 bits per heavy atom. The van der Waals surface area contributed by atoms with E-state index in [4.69, 9.17) is 15.0 Å². The van der Waals surface area contributed by atoms with Gasteiger partial charge in [-0.25, -0.2) is 0 Å². The molecule has 0 aromatic rings. The molecule has 3 unspecified atom stereocenters. The van der Waals surface area contributed by atoms with E-state index >= 15 is 0 Å². The van der Waals surface area contributed by atoms with Crippen molar-refractivity contribution in [2.45, 2.75) is 6.98 Å². The molecular weight excluding hydrogens is 304 g/mol. The van der Waals surface area contributed by atoms with Crippen molar-refractivity contribution in [1.82, 2.24) is 0 Å². The first kappa shape index (κ1) is 9.67. The number of thiol groups is 1. The van der Waals surface area contributed by atoms with Crippen LogP contribution in [0.4, 0.5) is 0 Å². The summed E-state index contributed by atoms with van der Waals surface area (Å²) in [5.74, 6) is -1.24. The zero-order valence-electron chi connectivity index (χ0n) is 5.05. The minimum absolute atomic E-state index is 0.587. The van der Waals surface area contributed by atoms with E-state index in [1.54, 1.807) is 0 Å². The predicted molar refractivity (Wildman–Crippen MR) is 40.7 cm³/mol. The molecule has 11 heavy (non-hydrogen) atoms. The normalized spacial score (nSPS) is 45.0. The van der Waals surface area contributed by atoms with Gasteiger partial charge in [-0.2, -0.15) is 0 Å². The van der Waals surface area contributed by atoms with Gasteiger partial charge in [0.05, 0.1) is 0 Å². The van der Waals surface area contributed by atoms with Crippen LogP contribution >= 0.6 is 12.6 Å². The molecule has 0 aromatic heterocycles. The van der Waals surface area contributed by atoms with Crippen molar-refractivity contribution < 1.29 is 17.9 Å². The fourth-order valence-corrected chi connectivity index (χ4v) is 6.42. The van der Waals surface area contributed by atoms with Gasteiger partial charge in [-0.05, 0) is 0 Å². The number of nitrogens with two attached hydrogens (primary N) is 1. The summed E-state index contributed by atoms with van der Waals surface area (Å²) in [5.41, 5.74) is 5.29. The molecule has 1 saturated heterocycles. The molecule has 1 rings (SSSR count). The van der Waals surface area contributed by atoms with Gasteiger partial charge < -0.3 is 0 Å². The third kappa shape index (κ3) is 1.19. The zero-order chi connectivity index (χ0) is 8.86. The van der Waals surface area contributed by atoms with E-state index in [-0.39, 0.29) is 0 Å². The molecule has 0 bridgehead atoms. The Labute approximate surface area is 78.3 Å². The van der Waals surface area contributed by atoms with Gasteiger partial charge in [0.1, 0.15) is 0 Å². The van der Waals surface area contributed by atoms with Crippen molar-refractivity contribution in [1.29, 1.82) is 0 Å². The Morgan fingerprint density at radius 3 is 2.27 bits per heavy atom. The van der Waals surface area contributed by atoms with Crippen LogP contribution in [-0.4, -0.2) is 51.4 Å². The average molecular weight is 309 g/mol. The van der Waals surface area contributed by atoms with Crippen molar-refractivity contribution in [2.75, 3.05) is 0 Å². The first-order valence-electron chi connectivity index (χ1n) is 2.40. The summed E-state index contributed by atoms with van der Waals surface area (Å²) in [5, 5.41) is 8.51. The zero-order valence-corrected chi connectivity index (χ0v) is 9.37. The summed E-state index contributed by atoms with van der Waals surface area (Å²) in [6, 6.07) is 0. The quantitative estimate of drug-likeness (QED) is 0.334. The third-order valence-electron chi connectivity index (χ3n) is 1.28. The van der Waals surface area contributed by atoms with Crippen molar-refractivity contribution in [2.24, 2.45) is 5.73 Å². The minimum atomic E-state index is -3.17. The molecule has 3 atom stereocenters. The van der Waals surface area contributed by atoms with E-state index in [2.05, 4.69) is 12.6 Å². The van der Waals surface area contributed by atoms with Crippen LogP contribution in [-0.2, 0) is 8.63 Å². The molecule has 5 nitrogen and oxygen atoms in total. The van der Waals surface area contributed by atoms with Crippen LogP contribution in [0.3, 0.4) is 0 Å². The number of hydrogen-bond donors (Lipinski definition) is 4. The second kappa shape index (κ2) is 2.53. The van der Waals surface area contributed by atoms with Crippen LogP contribution in [0.2, 0.25) is 0 Å². The molecular formula is C3H5NO4SSe2. The van der Waals surface area contributed by atoms with Crippen LogP contribution in [0.15, 0.2) is 0 Å². The summed E-state index contributed by atoms with van der Waals surface area (Å²) in [6.45, 7) is 0. The maximum absolute atomic E-state index is 10.6. The summed E-state index contributed by atoms with van der Waals surface area (Å²) < 4.78 is 16.5. The van der Waals surface area contributed by atoms with E-state index in [0.29, 0.717) is 0 Å². The van der Waals surface area contributed by atoms with Crippen molar-refractivity contribution in [3.8, 4) is 0 Å². The molecule has 4 N–H and O–H groups in total. The van der Waals surface area contributed by atoms with E-state index in [1.807, 2.05) is 0 Å².